The number of aliphatic carboxylic acids is 1. The lowest BCUT2D eigenvalue weighted by Gasteiger charge is -2.25. The Morgan fingerprint density at radius 2 is 1.91 bits per heavy atom. The molecule has 23 heavy (non-hydrogen) atoms. The number of benzene rings is 1. The van der Waals surface area contributed by atoms with E-state index >= 15 is 0 Å². The molecule has 0 bridgehead atoms. The van der Waals surface area contributed by atoms with Gasteiger partial charge in [-0.2, -0.15) is 0 Å². The van der Waals surface area contributed by atoms with Gasteiger partial charge in [0.05, 0.1) is 17.9 Å². The SMILES string of the molecule is CCCC(=O)C(COc1cc(C)ccc1C)CC(C)(C)C(=O)O. The number of aryl methyl sites for hydroxylation is 2. The van der Waals surface area contributed by atoms with Gasteiger partial charge >= 0.3 is 5.97 Å². The quantitative estimate of drug-likeness (QED) is 0.742. The largest absolute Gasteiger partial charge is 0.493 e. The van der Waals surface area contributed by atoms with Crippen LogP contribution in [-0.2, 0) is 9.59 Å². The number of rotatable bonds is 9. The second-order valence-electron chi connectivity index (χ2n) is 6.89. The van der Waals surface area contributed by atoms with Gasteiger partial charge in [0, 0.05) is 6.42 Å². The molecule has 0 heterocycles. The lowest BCUT2D eigenvalue weighted by atomic mass is 9.80. The minimum Gasteiger partial charge on any atom is -0.493 e. The predicted octanol–water partition coefficient (Wildman–Crippen LogP) is 4.17. The molecule has 0 radical (unpaired) electrons. The Hall–Kier alpha value is -1.84. The van der Waals surface area contributed by atoms with Crippen molar-refractivity contribution in [2.24, 2.45) is 11.3 Å². The Morgan fingerprint density at radius 1 is 1.26 bits per heavy atom. The van der Waals surface area contributed by atoms with E-state index in [0.29, 0.717) is 6.42 Å². The Kier molecular flexibility index (Phi) is 6.79. The molecule has 1 rings (SSSR count). The fourth-order valence-electron chi connectivity index (χ4n) is 2.47. The van der Waals surface area contributed by atoms with Gasteiger partial charge in [-0.25, -0.2) is 0 Å². The van der Waals surface area contributed by atoms with Crippen LogP contribution in [0.25, 0.3) is 0 Å². The second kappa shape index (κ2) is 8.14. The summed E-state index contributed by atoms with van der Waals surface area (Å²) >= 11 is 0. The van der Waals surface area contributed by atoms with Crippen LogP contribution in [0.5, 0.6) is 5.75 Å². The summed E-state index contributed by atoms with van der Waals surface area (Å²) in [5, 5.41) is 9.32. The Balaban J connectivity index is 2.86. The van der Waals surface area contributed by atoms with E-state index in [-0.39, 0.29) is 18.8 Å². The first-order valence-electron chi connectivity index (χ1n) is 8.13. The maximum Gasteiger partial charge on any atom is 0.309 e. The van der Waals surface area contributed by atoms with E-state index in [4.69, 9.17) is 4.74 Å². The maximum atomic E-state index is 12.3. The summed E-state index contributed by atoms with van der Waals surface area (Å²) in [6.07, 6.45) is 1.49. The summed E-state index contributed by atoms with van der Waals surface area (Å²) in [7, 11) is 0. The molecule has 0 fully saturated rings. The number of carbonyl (C=O) groups is 2. The predicted molar refractivity (Wildman–Crippen MR) is 90.8 cm³/mol. The minimum atomic E-state index is -0.945. The number of Topliss-reactive ketones (excluding diaryl/α,β-unsaturated/α-hetero) is 1. The summed E-state index contributed by atoms with van der Waals surface area (Å²) in [6.45, 7) is 9.42. The molecule has 0 aliphatic heterocycles. The van der Waals surface area contributed by atoms with Crippen LogP contribution in [0.15, 0.2) is 18.2 Å². The Morgan fingerprint density at radius 3 is 2.48 bits per heavy atom. The molecule has 0 saturated heterocycles. The fraction of sp³-hybridized carbons (Fsp3) is 0.579. The zero-order chi connectivity index (χ0) is 17.6. The highest BCUT2D eigenvalue weighted by molar-refractivity contribution is 5.82. The van der Waals surface area contributed by atoms with Gasteiger partial charge in [-0.05, 0) is 57.7 Å². The maximum absolute atomic E-state index is 12.3. The number of hydrogen-bond donors (Lipinski definition) is 1. The number of ether oxygens (including phenoxy) is 1. The Bertz CT molecular complexity index is 560. The molecule has 1 unspecified atom stereocenters. The number of carbonyl (C=O) groups excluding carboxylic acids is 1. The van der Waals surface area contributed by atoms with Crippen LogP contribution in [0, 0.1) is 25.2 Å². The summed E-state index contributed by atoms with van der Waals surface area (Å²) in [5.74, 6) is -0.459. The highest BCUT2D eigenvalue weighted by Gasteiger charge is 2.33. The number of carboxylic acids is 1. The van der Waals surface area contributed by atoms with Crippen molar-refractivity contribution in [3.63, 3.8) is 0 Å². The molecule has 4 heteroatoms. The normalized spacial score (nSPS) is 12.7. The van der Waals surface area contributed by atoms with Gasteiger partial charge in [0.25, 0.3) is 0 Å². The van der Waals surface area contributed by atoms with Crippen LogP contribution >= 0.6 is 0 Å². The van der Waals surface area contributed by atoms with E-state index < -0.39 is 17.3 Å². The van der Waals surface area contributed by atoms with Crippen molar-refractivity contribution in [3.8, 4) is 5.75 Å². The van der Waals surface area contributed by atoms with Gasteiger partial charge < -0.3 is 9.84 Å². The van der Waals surface area contributed by atoms with Crippen molar-refractivity contribution in [1.82, 2.24) is 0 Å². The van der Waals surface area contributed by atoms with Gasteiger partial charge in [-0.3, -0.25) is 9.59 Å². The van der Waals surface area contributed by atoms with E-state index in [1.165, 1.54) is 0 Å². The third kappa shape index (κ3) is 5.70. The molecule has 0 spiro atoms. The van der Waals surface area contributed by atoms with Gasteiger partial charge in [0.2, 0.25) is 0 Å². The van der Waals surface area contributed by atoms with Crippen molar-refractivity contribution in [2.75, 3.05) is 6.61 Å². The lowest BCUT2D eigenvalue weighted by Crippen LogP contribution is -2.32. The molecule has 0 aromatic heterocycles. The zero-order valence-corrected chi connectivity index (χ0v) is 14.8. The monoisotopic (exact) mass is 320 g/mol. The van der Waals surface area contributed by atoms with Crippen molar-refractivity contribution in [3.05, 3.63) is 29.3 Å². The molecule has 1 aromatic carbocycles. The van der Waals surface area contributed by atoms with E-state index in [2.05, 4.69) is 0 Å². The highest BCUT2D eigenvalue weighted by atomic mass is 16.5. The summed E-state index contributed by atoms with van der Waals surface area (Å²) in [4.78, 5) is 23.7. The number of hydrogen-bond acceptors (Lipinski definition) is 3. The van der Waals surface area contributed by atoms with Crippen LogP contribution in [0.1, 0.15) is 51.2 Å². The van der Waals surface area contributed by atoms with Crippen LogP contribution < -0.4 is 4.74 Å². The first-order valence-corrected chi connectivity index (χ1v) is 8.13. The molecule has 4 nitrogen and oxygen atoms in total. The van der Waals surface area contributed by atoms with Crippen LogP contribution in [-0.4, -0.2) is 23.5 Å². The average Bonchev–Trinajstić information content (AvgIpc) is 2.46. The first-order chi connectivity index (χ1) is 10.7. The average molecular weight is 320 g/mol. The van der Waals surface area contributed by atoms with Gasteiger partial charge in [0.1, 0.15) is 11.5 Å². The van der Waals surface area contributed by atoms with Gasteiger partial charge in [-0.15, -0.1) is 0 Å². The minimum absolute atomic E-state index is 0.0760. The van der Waals surface area contributed by atoms with Crippen molar-refractivity contribution >= 4 is 11.8 Å². The summed E-state index contributed by atoms with van der Waals surface area (Å²) in [6, 6.07) is 5.93. The molecule has 0 amide bonds. The second-order valence-corrected chi connectivity index (χ2v) is 6.89. The Labute approximate surface area is 138 Å². The van der Waals surface area contributed by atoms with Crippen LogP contribution in [0.3, 0.4) is 0 Å². The number of ketones is 1. The van der Waals surface area contributed by atoms with E-state index in [9.17, 15) is 14.7 Å². The van der Waals surface area contributed by atoms with E-state index in [0.717, 1.165) is 23.3 Å². The third-order valence-electron chi connectivity index (χ3n) is 4.07. The summed E-state index contributed by atoms with van der Waals surface area (Å²) in [5.41, 5.74) is 1.15. The molecule has 128 valence electrons. The molecular weight excluding hydrogens is 292 g/mol. The van der Waals surface area contributed by atoms with Gasteiger partial charge in [0.15, 0.2) is 0 Å². The van der Waals surface area contributed by atoms with Crippen LogP contribution in [0.4, 0.5) is 0 Å². The fourth-order valence-corrected chi connectivity index (χ4v) is 2.47. The van der Waals surface area contributed by atoms with E-state index in [1.54, 1.807) is 13.8 Å². The van der Waals surface area contributed by atoms with Crippen molar-refractivity contribution < 1.29 is 19.4 Å². The third-order valence-corrected chi connectivity index (χ3v) is 4.07. The highest BCUT2D eigenvalue weighted by Crippen LogP contribution is 2.28. The molecule has 0 aliphatic carbocycles. The molecule has 0 aliphatic rings. The van der Waals surface area contributed by atoms with E-state index in [1.807, 2.05) is 39.0 Å². The summed E-state index contributed by atoms with van der Waals surface area (Å²) < 4.78 is 5.86. The standard InChI is InChI=1S/C19H28O4/c1-6-7-16(20)15(11-19(4,5)18(21)22)12-23-17-10-13(2)8-9-14(17)3/h8-10,15H,6-7,11-12H2,1-5H3,(H,21,22). The van der Waals surface area contributed by atoms with Crippen molar-refractivity contribution in [2.45, 2.75) is 53.9 Å². The zero-order valence-electron chi connectivity index (χ0n) is 14.8. The molecule has 1 N–H and O–H groups in total. The number of carboxylic acid groups (broad SMARTS) is 1. The van der Waals surface area contributed by atoms with Crippen molar-refractivity contribution in [1.29, 1.82) is 0 Å². The smallest absolute Gasteiger partial charge is 0.309 e. The topological polar surface area (TPSA) is 63.6 Å². The molecule has 1 aromatic rings. The molecule has 1 atom stereocenters. The van der Waals surface area contributed by atoms with Crippen LogP contribution in [0.2, 0.25) is 0 Å². The lowest BCUT2D eigenvalue weighted by molar-refractivity contribution is -0.148. The van der Waals surface area contributed by atoms with Gasteiger partial charge in [-0.1, -0.05) is 19.1 Å². The molecular formula is C19H28O4. The molecule has 0 saturated carbocycles. The first kappa shape index (κ1) is 19.2.